The highest BCUT2D eigenvalue weighted by molar-refractivity contribution is 4.85. The summed E-state index contributed by atoms with van der Waals surface area (Å²) in [5, 5.41) is 12.1. The summed E-state index contributed by atoms with van der Waals surface area (Å²) in [5.41, 5.74) is 0. The number of aliphatic hydroxyl groups is 1. The van der Waals surface area contributed by atoms with E-state index in [1.165, 1.54) is 25.7 Å². The first kappa shape index (κ1) is 9.01. The van der Waals surface area contributed by atoms with E-state index in [0.717, 1.165) is 13.0 Å². The first-order valence-electron chi connectivity index (χ1n) is 4.67. The van der Waals surface area contributed by atoms with Crippen LogP contribution in [0, 0.1) is 5.92 Å². The molecule has 0 heterocycles. The summed E-state index contributed by atoms with van der Waals surface area (Å²) in [7, 11) is 1.99. The monoisotopic (exact) mass is 157 g/mol. The van der Waals surface area contributed by atoms with Crippen molar-refractivity contribution in [3.05, 3.63) is 0 Å². The quantitative estimate of drug-likeness (QED) is 0.567. The minimum absolute atomic E-state index is 0.0549. The van der Waals surface area contributed by atoms with Crippen LogP contribution in [0.1, 0.15) is 32.1 Å². The summed E-state index contributed by atoms with van der Waals surface area (Å²) in [4.78, 5) is 0. The van der Waals surface area contributed by atoms with Crippen LogP contribution in [-0.4, -0.2) is 24.8 Å². The number of nitrogens with one attached hydrogen (secondary N) is 1. The van der Waals surface area contributed by atoms with Crippen molar-refractivity contribution in [3.8, 4) is 0 Å². The van der Waals surface area contributed by atoms with Crippen LogP contribution in [0.3, 0.4) is 0 Å². The summed E-state index contributed by atoms with van der Waals surface area (Å²) in [5.74, 6) is 0.657. The van der Waals surface area contributed by atoms with Gasteiger partial charge < -0.3 is 10.4 Å². The average Bonchev–Trinajstić information content (AvgIpc) is 2.67. The Hall–Kier alpha value is -0.0800. The topological polar surface area (TPSA) is 32.3 Å². The maximum absolute atomic E-state index is 9.02. The van der Waals surface area contributed by atoms with Crippen molar-refractivity contribution in [2.75, 3.05) is 13.6 Å². The molecule has 0 aromatic heterocycles. The fraction of sp³-hybridized carbons (Fsp3) is 1.00. The lowest BCUT2D eigenvalue weighted by Gasteiger charge is -1.98. The third-order valence-corrected chi connectivity index (χ3v) is 2.39. The molecule has 2 nitrogen and oxygen atoms in total. The smallest absolute Gasteiger partial charge is 0.0573 e. The Labute approximate surface area is 69.0 Å². The van der Waals surface area contributed by atoms with Gasteiger partial charge in [-0.2, -0.15) is 0 Å². The third kappa shape index (κ3) is 3.73. The summed E-state index contributed by atoms with van der Waals surface area (Å²) in [6, 6.07) is 0. The normalized spacial score (nSPS) is 28.9. The van der Waals surface area contributed by atoms with Gasteiger partial charge in [0.05, 0.1) is 6.10 Å². The second kappa shape index (κ2) is 4.73. The summed E-state index contributed by atoms with van der Waals surface area (Å²) in [6.45, 7) is 1.13. The molecule has 0 bridgehead atoms. The Morgan fingerprint density at radius 1 is 1.36 bits per heavy atom. The molecular weight excluding hydrogens is 138 g/mol. The minimum atomic E-state index is 0.0549. The van der Waals surface area contributed by atoms with Crippen LogP contribution in [0.2, 0.25) is 0 Å². The van der Waals surface area contributed by atoms with Gasteiger partial charge >= 0.3 is 0 Å². The first-order valence-corrected chi connectivity index (χ1v) is 4.67. The highest BCUT2D eigenvalue weighted by atomic mass is 16.3. The van der Waals surface area contributed by atoms with E-state index >= 15 is 0 Å². The molecule has 0 aliphatic heterocycles. The van der Waals surface area contributed by atoms with Crippen LogP contribution in [0.4, 0.5) is 0 Å². The summed E-state index contributed by atoms with van der Waals surface area (Å²) in [6.07, 6.45) is 6.24. The zero-order valence-electron chi connectivity index (χ0n) is 7.34. The number of rotatable bonds is 6. The molecule has 1 saturated carbocycles. The molecule has 1 rings (SSSR count). The molecule has 2 atom stereocenters. The van der Waals surface area contributed by atoms with E-state index in [9.17, 15) is 0 Å². The predicted octanol–water partition coefficient (Wildman–Crippen LogP) is 1.15. The van der Waals surface area contributed by atoms with Gasteiger partial charge in [-0.05, 0) is 38.8 Å². The molecule has 1 aliphatic carbocycles. The second-order valence-electron chi connectivity index (χ2n) is 3.52. The maximum atomic E-state index is 9.02. The van der Waals surface area contributed by atoms with Crippen LogP contribution in [0.5, 0.6) is 0 Å². The largest absolute Gasteiger partial charge is 0.393 e. The Balaban J connectivity index is 1.74. The van der Waals surface area contributed by atoms with Crippen LogP contribution in [0.15, 0.2) is 0 Å². The predicted molar refractivity (Wildman–Crippen MR) is 46.5 cm³/mol. The minimum Gasteiger partial charge on any atom is -0.393 e. The Morgan fingerprint density at radius 3 is 2.64 bits per heavy atom. The highest BCUT2D eigenvalue weighted by Gasteiger charge is 2.33. The van der Waals surface area contributed by atoms with E-state index in [2.05, 4.69) is 5.32 Å². The van der Waals surface area contributed by atoms with Gasteiger partial charge in [-0.15, -0.1) is 0 Å². The van der Waals surface area contributed by atoms with E-state index in [1.807, 2.05) is 7.05 Å². The lowest BCUT2D eigenvalue weighted by Crippen LogP contribution is -2.06. The van der Waals surface area contributed by atoms with Gasteiger partial charge in [0.15, 0.2) is 0 Å². The van der Waals surface area contributed by atoms with Gasteiger partial charge in [-0.1, -0.05) is 12.8 Å². The number of hydrogen-bond acceptors (Lipinski definition) is 2. The van der Waals surface area contributed by atoms with Crippen molar-refractivity contribution in [3.63, 3.8) is 0 Å². The Kier molecular flexibility index (Phi) is 3.87. The molecule has 0 saturated heterocycles. The van der Waals surface area contributed by atoms with Gasteiger partial charge in [0.2, 0.25) is 0 Å². The van der Waals surface area contributed by atoms with Gasteiger partial charge in [0.25, 0.3) is 0 Å². The van der Waals surface area contributed by atoms with E-state index in [4.69, 9.17) is 5.11 Å². The van der Waals surface area contributed by atoms with Gasteiger partial charge in [0, 0.05) is 0 Å². The second-order valence-corrected chi connectivity index (χ2v) is 3.52. The molecule has 1 aliphatic rings. The van der Waals surface area contributed by atoms with Crippen molar-refractivity contribution in [1.82, 2.24) is 5.32 Å². The van der Waals surface area contributed by atoms with Crippen LogP contribution < -0.4 is 5.32 Å². The Morgan fingerprint density at radius 2 is 2.09 bits per heavy atom. The van der Waals surface area contributed by atoms with Crippen molar-refractivity contribution < 1.29 is 5.11 Å². The lowest BCUT2D eigenvalue weighted by atomic mass is 10.1. The zero-order valence-corrected chi connectivity index (χ0v) is 7.34. The molecule has 0 radical (unpaired) electrons. The first-order chi connectivity index (χ1) is 5.34. The molecule has 0 aromatic carbocycles. The third-order valence-electron chi connectivity index (χ3n) is 2.39. The van der Waals surface area contributed by atoms with E-state index in [1.54, 1.807) is 0 Å². The molecule has 2 unspecified atom stereocenters. The number of hydrogen-bond donors (Lipinski definition) is 2. The lowest BCUT2D eigenvalue weighted by molar-refractivity contribution is 0.255. The fourth-order valence-corrected chi connectivity index (χ4v) is 1.43. The molecule has 66 valence electrons. The molecule has 1 fully saturated rings. The number of aliphatic hydroxyl groups excluding tert-OH is 1. The fourth-order valence-electron chi connectivity index (χ4n) is 1.43. The zero-order chi connectivity index (χ0) is 8.10. The molecule has 0 spiro atoms. The van der Waals surface area contributed by atoms with Gasteiger partial charge in [-0.25, -0.2) is 0 Å². The van der Waals surface area contributed by atoms with Crippen LogP contribution in [-0.2, 0) is 0 Å². The summed E-state index contributed by atoms with van der Waals surface area (Å²) < 4.78 is 0. The average molecular weight is 157 g/mol. The van der Waals surface area contributed by atoms with Crippen molar-refractivity contribution >= 4 is 0 Å². The highest BCUT2D eigenvalue weighted by Crippen LogP contribution is 2.34. The molecule has 2 heteroatoms. The molecular formula is C9H19NO. The van der Waals surface area contributed by atoms with Crippen LogP contribution >= 0.6 is 0 Å². The van der Waals surface area contributed by atoms with E-state index in [0.29, 0.717) is 5.92 Å². The SMILES string of the molecule is CNCCCCCC1CC1O. The summed E-state index contributed by atoms with van der Waals surface area (Å²) >= 11 is 0. The standard InChI is InChI=1S/C9H19NO/c1-10-6-4-2-3-5-8-7-9(8)11/h8-11H,2-7H2,1H3. The molecule has 0 amide bonds. The van der Waals surface area contributed by atoms with E-state index in [-0.39, 0.29) is 6.10 Å². The van der Waals surface area contributed by atoms with E-state index < -0.39 is 0 Å². The van der Waals surface area contributed by atoms with Crippen molar-refractivity contribution in [2.45, 2.75) is 38.2 Å². The van der Waals surface area contributed by atoms with Crippen molar-refractivity contribution in [1.29, 1.82) is 0 Å². The van der Waals surface area contributed by atoms with Crippen LogP contribution in [0.25, 0.3) is 0 Å². The van der Waals surface area contributed by atoms with Gasteiger partial charge in [-0.3, -0.25) is 0 Å². The molecule has 11 heavy (non-hydrogen) atoms. The maximum Gasteiger partial charge on any atom is 0.0573 e. The number of unbranched alkanes of at least 4 members (excludes halogenated alkanes) is 2. The van der Waals surface area contributed by atoms with Gasteiger partial charge in [0.1, 0.15) is 0 Å². The molecule has 2 N–H and O–H groups in total. The molecule has 0 aromatic rings. The Bertz CT molecular complexity index is 106. The van der Waals surface area contributed by atoms with Crippen molar-refractivity contribution in [2.24, 2.45) is 5.92 Å².